The molecule has 0 saturated carbocycles. The first-order chi connectivity index (χ1) is 4.61. The molecule has 3 nitrogen and oxygen atoms in total. The van der Waals surface area contributed by atoms with E-state index in [0.29, 0.717) is 0 Å². The second-order valence-corrected chi connectivity index (χ2v) is 2.83. The fourth-order valence-electron chi connectivity index (χ4n) is 0.598. The van der Waals surface area contributed by atoms with E-state index in [9.17, 15) is 4.79 Å². The number of aromatic nitrogens is 2. The van der Waals surface area contributed by atoms with Crippen molar-refractivity contribution in [1.29, 1.82) is 0 Å². The van der Waals surface area contributed by atoms with Crippen molar-refractivity contribution in [1.82, 2.24) is 9.78 Å². The average molecular weight is 203 g/mol. The molecule has 0 fully saturated rings. The predicted octanol–water partition coefficient (Wildman–Crippen LogP) is 0.851. The lowest BCUT2D eigenvalue weighted by molar-refractivity contribution is 0.692. The summed E-state index contributed by atoms with van der Waals surface area (Å²) in [6.07, 6.45) is 0. The van der Waals surface area contributed by atoms with Gasteiger partial charge in [-0.25, -0.2) is 4.68 Å². The Kier molecular flexibility index (Phi) is 1.89. The molecule has 0 bridgehead atoms. The van der Waals surface area contributed by atoms with Crippen molar-refractivity contribution in [2.75, 3.05) is 0 Å². The van der Waals surface area contributed by atoms with Crippen molar-refractivity contribution in [2.45, 2.75) is 6.92 Å². The summed E-state index contributed by atoms with van der Waals surface area (Å²) >= 11 is 3.21. The molecule has 1 aromatic rings. The molecule has 0 amide bonds. The quantitative estimate of drug-likeness (QED) is 0.626. The van der Waals surface area contributed by atoms with E-state index in [-0.39, 0.29) is 5.56 Å². The third-order valence-corrected chi connectivity index (χ3v) is 2.01. The predicted molar refractivity (Wildman–Crippen MR) is 41.9 cm³/mol. The maximum absolute atomic E-state index is 10.9. The minimum Gasteiger partial charge on any atom is -0.268 e. The Labute approximate surface area is 66.8 Å². The lowest BCUT2D eigenvalue weighted by Gasteiger charge is -1.97. The second-order valence-electron chi connectivity index (χ2n) is 2.08. The third-order valence-electron chi connectivity index (χ3n) is 1.22. The van der Waals surface area contributed by atoms with Gasteiger partial charge in [0.05, 0.1) is 0 Å². The van der Waals surface area contributed by atoms with Gasteiger partial charge in [-0.1, -0.05) is 0 Å². The number of hydrogen-bond donors (Lipinski definition) is 0. The maximum atomic E-state index is 10.9. The highest BCUT2D eigenvalue weighted by Crippen LogP contribution is 2.07. The fraction of sp³-hybridized carbons (Fsp3) is 0.333. The van der Waals surface area contributed by atoms with Crippen LogP contribution in [0.5, 0.6) is 0 Å². The normalized spacial score (nSPS) is 9.90. The fourth-order valence-corrected chi connectivity index (χ4v) is 0.950. The van der Waals surface area contributed by atoms with Crippen molar-refractivity contribution >= 4 is 15.9 Å². The van der Waals surface area contributed by atoms with E-state index in [1.54, 1.807) is 7.05 Å². The molecule has 0 atom stereocenters. The lowest BCUT2D eigenvalue weighted by atomic mass is 10.4. The molecule has 0 saturated heterocycles. The van der Waals surface area contributed by atoms with Crippen molar-refractivity contribution in [3.05, 3.63) is 26.6 Å². The van der Waals surface area contributed by atoms with E-state index in [1.165, 1.54) is 10.7 Å². The van der Waals surface area contributed by atoms with Gasteiger partial charge in [0.2, 0.25) is 0 Å². The number of nitrogens with zero attached hydrogens (tertiary/aromatic N) is 2. The minimum atomic E-state index is -0.0827. The van der Waals surface area contributed by atoms with Gasteiger partial charge in [-0.15, -0.1) is 0 Å². The van der Waals surface area contributed by atoms with Crippen molar-refractivity contribution in [3.8, 4) is 0 Å². The lowest BCUT2D eigenvalue weighted by Crippen LogP contribution is -2.18. The van der Waals surface area contributed by atoms with Gasteiger partial charge in [0.15, 0.2) is 0 Å². The van der Waals surface area contributed by atoms with Crippen LogP contribution in [0.25, 0.3) is 0 Å². The first kappa shape index (κ1) is 7.47. The highest BCUT2D eigenvalue weighted by Gasteiger charge is 1.97. The van der Waals surface area contributed by atoms with E-state index in [2.05, 4.69) is 21.0 Å². The van der Waals surface area contributed by atoms with Gasteiger partial charge in [0, 0.05) is 13.1 Å². The van der Waals surface area contributed by atoms with Crippen LogP contribution in [0.1, 0.15) is 5.56 Å². The summed E-state index contributed by atoms with van der Waals surface area (Å²) < 4.78 is 2.01. The summed E-state index contributed by atoms with van der Waals surface area (Å²) in [5.41, 5.74) is 0.781. The van der Waals surface area contributed by atoms with Gasteiger partial charge in [-0.3, -0.25) is 4.79 Å². The van der Waals surface area contributed by atoms with Crippen LogP contribution in [0.2, 0.25) is 0 Å². The van der Waals surface area contributed by atoms with Crippen LogP contribution in [-0.4, -0.2) is 9.78 Å². The Morgan fingerprint density at radius 1 is 1.70 bits per heavy atom. The molecule has 0 unspecified atom stereocenters. The first-order valence-electron chi connectivity index (χ1n) is 2.81. The molecular weight excluding hydrogens is 196 g/mol. The van der Waals surface area contributed by atoms with E-state index >= 15 is 0 Å². The summed E-state index contributed by atoms with van der Waals surface area (Å²) in [6, 6.07) is 1.54. The zero-order chi connectivity index (χ0) is 7.72. The van der Waals surface area contributed by atoms with Crippen molar-refractivity contribution in [3.63, 3.8) is 0 Å². The Morgan fingerprint density at radius 3 is 2.80 bits per heavy atom. The van der Waals surface area contributed by atoms with Gasteiger partial charge in [-0.2, -0.15) is 5.10 Å². The first-order valence-corrected chi connectivity index (χ1v) is 3.61. The number of halogens is 1. The summed E-state index contributed by atoms with van der Waals surface area (Å²) in [5, 5.41) is 3.89. The molecule has 0 aliphatic heterocycles. The Hall–Kier alpha value is -0.640. The summed E-state index contributed by atoms with van der Waals surface area (Å²) in [6.45, 7) is 1.83. The van der Waals surface area contributed by atoms with Gasteiger partial charge in [-0.05, 0) is 28.4 Å². The van der Waals surface area contributed by atoms with E-state index in [4.69, 9.17) is 0 Å². The molecule has 4 heteroatoms. The largest absolute Gasteiger partial charge is 0.268 e. The van der Waals surface area contributed by atoms with Crippen LogP contribution in [0.4, 0.5) is 0 Å². The van der Waals surface area contributed by atoms with Crippen molar-refractivity contribution < 1.29 is 0 Å². The van der Waals surface area contributed by atoms with Gasteiger partial charge in [0.1, 0.15) is 4.60 Å². The summed E-state index contributed by atoms with van der Waals surface area (Å²) in [7, 11) is 1.62. The standard InChI is InChI=1S/C6H7BrN2O/c1-4-3-5(10)9(2)8-6(4)7/h3H,1-2H3. The highest BCUT2D eigenvalue weighted by atomic mass is 79.9. The molecule has 54 valence electrons. The summed E-state index contributed by atoms with van der Waals surface area (Å²) in [4.78, 5) is 10.9. The number of rotatable bonds is 0. The molecule has 1 heterocycles. The third kappa shape index (κ3) is 1.26. The van der Waals surface area contributed by atoms with Crippen LogP contribution < -0.4 is 5.56 Å². The SMILES string of the molecule is Cc1cc(=O)n(C)nc1Br. The zero-order valence-electron chi connectivity index (χ0n) is 5.76. The Morgan fingerprint density at radius 2 is 2.30 bits per heavy atom. The van der Waals surface area contributed by atoms with E-state index < -0.39 is 0 Å². The van der Waals surface area contributed by atoms with E-state index in [1.807, 2.05) is 6.92 Å². The molecule has 10 heavy (non-hydrogen) atoms. The molecule has 0 aliphatic rings. The monoisotopic (exact) mass is 202 g/mol. The molecule has 0 N–H and O–H groups in total. The topological polar surface area (TPSA) is 34.9 Å². The average Bonchev–Trinajstić information content (AvgIpc) is 1.84. The van der Waals surface area contributed by atoms with Crippen molar-refractivity contribution in [2.24, 2.45) is 7.05 Å². The summed E-state index contributed by atoms with van der Waals surface area (Å²) in [5.74, 6) is 0. The molecule has 1 aromatic heterocycles. The molecule has 1 rings (SSSR count). The zero-order valence-corrected chi connectivity index (χ0v) is 7.34. The Bertz CT molecular complexity index is 305. The van der Waals surface area contributed by atoms with Gasteiger partial charge < -0.3 is 0 Å². The molecule has 0 spiro atoms. The van der Waals surface area contributed by atoms with Gasteiger partial charge >= 0.3 is 0 Å². The smallest absolute Gasteiger partial charge is 0.266 e. The number of aryl methyl sites for hydroxylation is 2. The molecule has 0 radical (unpaired) electrons. The molecular formula is C6H7BrN2O. The Balaban J connectivity index is 3.43. The maximum Gasteiger partial charge on any atom is 0.266 e. The van der Waals surface area contributed by atoms with Crippen LogP contribution in [0.15, 0.2) is 15.5 Å². The minimum absolute atomic E-state index is 0.0827. The molecule has 0 aliphatic carbocycles. The van der Waals surface area contributed by atoms with E-state index in [0.717, 1.165) is 10.2 Å². The van der Waals surface area contributed by atoms with Crippen LogP contribution >= 0.6 is 15.9 Å². The van der Waals surface area contributed by atoms with Crippen LogP contribution in [0, 0.1) is 6.92 Å². The molecule has 0 aromatic carbocycles. The number of hydrogen-bond acceptors (Lipinski definition) is 2. The van der Waals surface area contributed by atoms with Gasteiger partial charge in [0.25, 0.3) is 5.56 Å². The second kappa shape index (κ2) is 2.54. The highest BCUT2D eigenvalue weighted by molar-refractivity contribution is 9.10. The van der Waals surface area contributed by atoms with Crippen LogP contribution in [-0.2, 0) is 7.05 Å². The van der Waals surface area contributed by atoms with Crippen LogP contribution in [0.3, 0.4) is 0 Å².